The van der Waals surface area contributed by atoms with Crippen molar-refractivity contribution >= 4 is 33.2 Å². The smallest absolute Gasteiger partial charge is 0.269 e. The highest BCUT2D eigenvalue weighted by Gasteiger charge is 2.20. The minimum atomic E-state index is -4.07. The summed E-state index contributed by atoms with van der Waals surface area (Å²) in [6.07, 6.45) is 1.90. The monoisotopic (exact) mass is 496 g/mol. The number of hydrogen-bond donors (Lipinski definition) is 3. The minimum absolute atomic E-state index is 0.0874. The van der Waals surface area contributed by atoms with Gasteiger partial charge in [0.2, 0.25) is 0 Å². The number of amides is 2. The molecule has 3 N–H and O–H groups in total. The summed E-state index contributed by atoms with van der Waals surface area (Å²) < 4.78 is 41.3. The first-order valence-electron chi connectivity index (χ1n) is 11.0. The van der Waals surface area contributed by atoms with Crippen molar-refractivity contribution in [1.29, 1.82) is 0 Å². The molecule has 3 aromatic carbocycles. The van der Waals surface area contributed by atoms with Crippen molar-refractivity contribution < 1.29 is 22.4 Å². The molecule has 0 aromatic heterocycles. The zero-order chi connectivity index (χ0) is 25.0. The predicted molar refractivity (Wildman–Crippen MR) is 131 cm³/mol. The number of hydrazine groups is 1. The van der Waals surface area contributed by atoms with Crippen LogP contribution in [0.3, 0.4) is 0 Å². The highest BCUT2D eigenvalue weighted by Crippen LogP contribution is 2.26. The standard InChI is InChI=1S/C25H25FN4O4S/c1-17-11-12-20(26)15-23(17)35(33,34)29-21-9-4-7-19(14-21)25(32)28-27-24(31)16-30-13-5-8-18-6-2-3-10-22(18)30/h2-4,6-7,9-12,14-15,29H,5,8,13,16H2,1H3,(H,27,31)(H,28,32). The van der Waals surface area contributed by atoms with Gasteiger partial charge in [-0.05, 0) is 67.3 Å². The molecule has 35 heavy (non-hydrogen) atoms. The van der Waals surface area contributed by atoms with Gasteiger partial charge in [-0.15, -0.1) is 0 Å². The molecule has 1 aliphatic rings. The molecular weight excluding hydrogens is 471 g/mol. The molecule has 4 rings (SSSR count). The number of sulfonamides is 1. The molecule has 182 valence electrons. The first kappa shape index (κ1) is 24.2. The number of nitrogens with one attached hydrogen (secondary N) is 3. The van der Waals surface area contributed by atoms with E-state index in [1.54, 1.807) is 6.92 Å². The fourth-order valence-electron chi connectivity index (χ4n) is 3.98. The fourth-order valence-corrected chi connectivity index (χ4v) is 5.29. The van der Waals surface area contributed by atoms with Crippen molar-refractivity contribution in [2.75, 3.05) is 22.7 Å². The van der Waals surface area contributed by atoms with E-state index in [0.29, 0.717) is 5.56 Å². The van der Waals surface area contributed by atoms with Crippen molar-refractivity contribution in [1.82, 2.24) is 10.9 Å². The van der Waals surface area contributed by atoms with Crippen molar-refractivity contribution in [3.63, 3.8) is 0 Å². The summed E-state index contributed by atoms with van der Waals surface area (Å²) in [6.45, 7) is 2.39. The van der Waals surface area contributed by atoms with Gasteiger partial charge in [0.1, 0.15) is 5.82 Å². The number of nitrogens with zero attached hydrogens (tertiary/aromatic N) is 1. The van der Waals surface area contributed by atoms with E-state index in [-0.39, 0.29) is 28.6 Å². The Kier molecular flexibility index (Phi) is 7.02. The van der Waals surface area contributed by atoms with Crippen LogP contribution in [-0.4, -0.2) is 33.3 Å². The van der Waals surface area contributed by atoms with Crippen LogP contribution in [-0.2, 0) is 21.2 Å². The molecule has 3 aromatic rings. The molecule has 1 aliphatic heterocycles. The number of para-hydroxylation sites is 1. The van der Waals surface area contributed by atoms with Gasteiger partial charge in [-0.2, -0.15) is 0 Å². The lowest BCUT2D eigenvalue weighted by Gasteiger charge is -2.30. The summed E-state index contributed by atoms with van der Waals surface area (Å²) in [7, 11) is -4.07. The predicted octanol–water partition coefficient (Wildman–Crippen LogP) is 3.15. The summed E-state index contributed by atoms with van der Waals surface area (Å²) >= 11 is 0. The average molecular weight is 497 g/mol. The molecule has 0 saturated heterocycles. The van der Waals surface area contributed by atoms with Gasteiger partial charge < -0.3 is 4.90 Å². The lowest BCUT2D eigenvalue weighted by Crippen LogP contribution is -2.47. The maximum atomic E-state index is 13.6. The highest BCUT2D eigenvalue weighted by atomic mass is 32.2. The lowest BCUT2D eigenvalue weighted by atomic mass is 10.0. The van der Waals surface area contributed by atoms with Crippen LogP contribution in [0.4, 0.5) is 15.8 Å². The number of hydrogen-bond acceptors (Lipinski definition) is 5. The van der Waals surface area contributed by atoms with Crippen LogP contribution in [0.2, 0.25) is 0 Å². The Bertz CT molecular complexity index is 1380. The molecule has 2 amide bonds. The number of carbonyl (C=O) groups is 2. The van der Waals surface area contributed by atoms with Crippen LogP contribution in [0, 0.1) is 12.7 Å². The SMILES string of the molecule is Cc1ccc(F)cc1S(=O)(=O)Nc1cccc(C(=O)NNC(=O)CN2CCCc3ccccc32)c1. The highest BCUT2D eigenvalue weighted by molar-refractivity contribution is 7.92. The fraction of sp³-hybridized carbons (Fsp3) is 0.200. The maximum Gasteiger partial charge on any atom is 0.269 e. The maximum absolute atomic E-state index is 13.6. The van der Waals surface area contributed by atoms with Crippen LogP contribution >= 0.6 is 0 Å². The molecule has 0 fully saturated rings. The third-order valence-electron chi connectivity index (χ3n) is 5.67. The van der Waals surface area contributed by atoms with Crippen molar-refractivity contribution in [2.45, 2.75) is 24.7 Å². The zero-order valence-electron chi connectivity index (χ0n) is 19.0. The molecule has 8 nitrogen and oxygen atoms in total. The Balaban J connectivity index is 1.38. The third kappa shape index (κ3) is 5.78. The Hall–Kier alpha value is -3.92. The number of benzene rings is 3. The van der Waals surface area contributed by atoms with Gasteiger partial charge in [0.25, 0.3) is 21.8 Å². The van der Waals surface area contributed by atoms with Gasteiger partial charge in [-0.3, -0.25) is 25.2 Å². The first-order valence-corrected chi connectivity index (χ1v) is 12.5. The molecule has 1 heterocycles. The third-order valence-corrected chi connectivity index (χ3v) is 7.20. The first-order chi connectivity index (χ1) is 16.7. The van der Waals surface area contributed by atoms with E-state index in [4.69, 9.17) is 0 Å². The van der Waals surface area contributed by atoms with Crippen LogP contribution in [0.5, 0.6) is 0 Å². The molecular formula is C25H25FN4O4S. The second-order valence-corrected chi connectivity index (χ2v) is 9.90. The summed E-state index contributed by atoms with van der Waals surface area (Å²) in [4.78, 5) is 26.8. The van der Waals surface area contributed by atoms with Crippen molar-refractivity contribution in [3.05, 3.63) is 89.2 Å². The van der Waals surface area contributed by atoms with Gasteiger partial charge in [0.15, 0.2) is 0 Å². The van der Waals surface area contributed by atoms with Crippen molar-refractivity contribution in [3.8, 4) is 0 Å². The Morgan fingerprint density at radius 3 is 2.63 bits per heavy atom. The molecule has 0 saturated carbocycles. The quantitative estimate of drug-likeness (QED) is 0.455. The number of carbonyl (C=O) groups excluding carboxylic acids is 2. The largest absolute Gasteiger partial charge is 0.362 e. The van der Waals surface area contributed by atoms with Crippen LogP contribution in [0.25, 0.3) is 0 Å². The van der Waals surface area contributed by atoms with E-state index in [1.165, 1.54) is 42.0 Å². The molecule has 0 atom stereocenters. The Morgan fingerprint density at radius 2 is 1.80 bits per heavy atom. The molecule has 0 unspecified atom stereocenters. The summed E-state index contributed by atoms with van der Waals surface area (Å²) in [6, 6.07) is 17.2. The number of fused-ring (bicyclic) bond motifs is 1. The van der Waals surface area contributed by atoms with E-state index >= 15 is 0 Å². The number of halogens is 1. The topological polar surface area (TPSA) is 108 Å². The molecule has 0 spiro atoms. The minimum Gasteiger partial charge on any atom is -0.362 e. The van der Waals surface area contributed by atoms with Crippen LogP contribution in [0.1, 0.15) is 27.9 Å². The van der Waals surface area contributed by atoms with E-state index < -0.39 is 21.7 Å². The summed E-state index contributed by atoms with van der Waals surface area (Å²) in [5.74, 6) is -1.67. The van der Waals surface area contributed by atoms with Gasteiger partial charge >= 0.3 is 0 Å². The van der Waals surface area contributed by atoms with Crippen molar-refractivity contribution in [2.24, 2.45) is 0 Å². The second-order valence-electron chi connectivity index (χ2n) is 8.25. The Morgan fingerprint density at radius 1 is 1.00 bits per heavy atom. The van der Waals surface area contributed by atoms with Crippen LogP contribution < -0.4 is 20.5 Å². The van der Waals surface area contributed by atoms with E-state index in [1.807, 2.05) is 29.2 Å². The van der Waals surface area contributed by atoms with Crippen LogP contribution in [0.15, 0.2) is 71.6 Å². The Labute approximate surface area is 203 Å². The van der Waals surface area contributed by atoms with Gasteiger partial charge in [0, 0.05) is 23.5 Å². The summed E-state index contributed by atoms with van der Waals surface area (Å²) in [5.41, 5.74) is 7.59. The lowest BCUT2D eigenvalue weighted by molar-refractivity contribution is -0.120. The normalized spacial score (nSPS) is 13.0. The number of anilines is 2. The van der Waals surface area contributed by atoms with E-state index in [0.717, 1.165) is 31.1 Å². The van der Waals surface area contributed by atoms with E-state index in [2.05, 4.69) is 15.6 Å². The zero-order valence-corrected chi connectivity index (χ0v) is 19.9. The van der Waals surface area contributed by atoms with Gasteiger partial charge in [-0.1, -0.05) is 30.3 Å². The molecule has 0 aliphatic carbocycles. The second kappa shape index (κ2) is 10.1. The molecule has 10 heteroatoms. The average Bonchev–Trinajstić information content (AvgIpc) is 2.84. The molecule has 0 radical (unpaired) electrons. The number of aryl methyl sites for hydroxylation is 2. The van der Waals surface area contributed by atoms with Gasteiger partial charge in [0.05, 0.1) is 11.4 Å². The summed E-state index contributed by atoms with van der Waals surface area (Å²) in [5, 5.41) is 0. The number of rotatable bonds is 6. The molecule has 0 bridgehead atoms. The van der Waals surface area contributed by atoms with E-state index in [9.17, 15) is 22.4 Å². The van der Waals surface area contributed by atoms with Gasteiger partial charge in [-0.25, -0.2) is 12.8 Å².